The van der Waals surface area contributed by atoms with E-state index in [2.05, 4.69) is 0 Å². The van der Waals surface area contributed by atoms with Gasteiger partial charge in [0, 0.05) is 16.8 Å². The molecule has 0 bridgehead atoms. The van der Waals surface area contributed by atoms with Crippen molar-refractivity contribution in [2.45, 2.75) is 3.25 Å². The molecule has 0 aromatic rings. The van der Waals surface area contributed by atoms with Crippen LogP contribution in [0.15, 0.2) is 0 Å². The SMILES string of the molecule is ClC(Cl)(Cl)Cl.[Co]. The van der Waals surface area contributed by atoms with Crippen molar-refractivity contribution in [3.05, 3.63) is 0 Å². The summed E-state index contributed by atoms with van der Waals surface area (Å²) in [6, 6.07) is 0. The summed E-state index contributed by atoms with van der Waals surface area (Å²) in [4.78, 5) is 0. The minimum Gasteiger partial charge on any atom is -0.0664 e. The minimum atomic E-state index is -1.61. The van der Waals surface area contributed by atoms with Crippen LogP contribution in [0.3, 0.4) is 0 Å². The number of hydrogen-bond donors (Lipinski definition) is 0. The molecule has 0 aliphatic rings. The first-order chi connectivity index (χ1) is 2.00. The molecular formula is CCl4Co. The molecule has 0 aromatic heterocycles. The van der Waals surface area contributed by atoms with Crippen molar-refractivity contribution in [2.75, 3.05) is 0 Å². The van der Waals surface area contributed by atoms with E-state index >= 15 is 0 Å². The molecule has 0 aliphatic heterocycles. The average Bonchev–Trinajstić information content (AvgIpc) is 0.722. The van der Waals surface area contributed by atoms with E-state index in [1.54, 1.807) is 0 Å². The normalized spacial score (nSPS) is 10.0. The van der Waals surface area contributed by atoms with Crippen molar-refractivity contribution in [3.63, 3.8) is 0 Å². The molecule has 0 atom stereocenters. The molecule has 6 heavy (non-hydrogen) atoms. The topological polar surface area (TPSA) is 0 Å². The average molecular weight is 213 g/mol. The maximum absolute atomic E-state index is 4.83. The van der Waals surface area contributed by atoms with Crippen LogP contribution in [0.25, 0.3) is 0 Å². The van der Waals surface area contributed by atoms with Crippen LogP contribution < -0.4 is 0 Å². The molecule has 0 N–H and O–H groups in total. The summed E-state index contributed by atoms with van der Waals surface area (Å²) in [5.74, 6) is 0. The van der Waals surface area contributed by atoms with Crippen LogP contribution in [0.4, 0.5) is 0 Å². The number of rotatable bonds is 0. The minimum absolute atomic E-state index is 0. The first-order valence-electron chi connectivity index (χ1n) is 0.756. The zero-order chi connectivity index (χ0) is 4.50. The molecule has 0 saturated carbocycles. The summed E-state index contributed by atoms with van der Waals surface area (Å²) in [6.45, 7) is 0. The van der Waals surface area contributed by atoms with Gasteiger partial charge in [-0.1, -0.05) is 46.4 Å². The van der Waals surface area contributed by atoms with Crippen molar-refractivity contribution in [2.24, 2.45) is 0 Å². The maximum atomic E-state index is 4.83. The van der Waals surface area contributed by atoms with Crippen LogP contribution >= 0.6 is 46.4 Å². The molecule has 41 valence electrons. The number of hydrogen-bond acceptors (Lipinski definition) is 0. The van der Waals surface area contributed by atoms with Crippen LogP contribution in [-0.4, -0.2) is 3.25 Å². The standard InChI is InChI=1S/CCl4.Co/c2-1(3,4)5;. The molecule has 0 unspecified atom stereocenters. The van der Waals surface area contributed by atoms with E-state index in [4.69, 9.17) is 46.4 Å². The van der Waals surface area contributed by atoms with Crippen LogP contribution in [0.1, 0.15) is 0 Å². The van der Waals surface area contributed by atoms with Crippen molar-refractivity contribution in [1.82, 2.24) is 0 Å². The Labute approximate surface area is 66.3 Å². The van der Waals surface area contributed by atoms with Gasteiger partial charge in [-0.25, -0.2) is 0 Å². The van der Waals surface area contributed by atoms with Gasteiger partial charge in [0.1, 0.15) is 0 Å². The smallest absolute Gasteiger partial charge is 0.0664 e. The summed E-state index contributed by atoms with van der Waals surface area (Å²) < 4.78 is -1.61. The molecule has 0 spiro atoms. The molecule has 0 aromatic carbocycles. The summed E-state index contributed by atoms with van der Waals surface area (Å²) in [5, 5.41) is 0. The van der Waals surface area contributed by atoms with Gasteiger partial charge in [-0.05, 0) is 0 Å². The molecule has 0 rings (SSSR count). The predicted octanol–water partition coefficient (Wildman–Crippen LogP) is 2.55. The third-order valence-corrected chi connectivity index (χ3v) is 0. The Bertz CT molecular complexity index is 23.0. The Hall–Kier alpha value is 1.67. The first kappa shape index (κ1) is 10.6. The first-order valence-corrected chi connectivity index (χ1v) is 2.27. The Kier molecular flexibility index (Phi) is 6.44. The van der Waals surface area contributed by atoms with E-state index < -0.39 is 3.25 Å². The van der Waals surface area contributed by atoms with E-state index in [1.165, 1.54) is 0 Å². The number of alkyl halides is 4. The van der Waals surface area contributed by atoms with Gasteiger partial charge in [0.2, 0.25) is 0 Å². The molecule has 0 amide bonds. The van der Waals surface area contributed by atoms with Crippen molar-refractivity contribution >= 4 is 46.4 Å². The van der Waals surface area contributed by atoms with Gasteiger partial charge in [-0.3, -0.25) is 0 Å². The molecule has 0 fully saturated rings. The Morgan fingerprint density at radius 3 is 0.833 bits per heavy atom. The van der Waals surface area contributed by atoms with Gasteiger partial charge in [0.25, 0.3) is 3.25 Å². The molecule has 1 radical (unpaired) electrons. The molecule has 0 nitrogen and oxygen atoms in total. The molecule has 0 saturated heterocycles. The van der Waals surface area contributed by atoms with E-state index in [0.717, 1.165) is 0 Å². The number of halogens is 4. The third kappa shape index (κ3) is 44.4. The zero-order valence-corrected chi connectivity index (χ0v) is 6.41. The second kappa shape index (κ2) is 3.64. The molecule has 0 heterocycles. The van der Waals surface area contributed by atoms with Gasteiger partial charge in [0.05, 0.1) is 0 Å². The van der Waals surface area contributed by atoms with Gasteiger partial charge >= 0.3 is 0 Å². The zero-order valence-electron chi connectivity index (χ0n) is 2.35. The van der Waals surface area contributed by atoms with Crippen molar-refractivity contribution in [1.29, 1.82) is 0 Å². The van der Waals surface area contributed by atoms with Gasteiger partial charge < -0.3 is 0 Å². The van der Waals surface area contributed by atoms with E-state index in [-0.39, 0.29) is 16.8 Å². The van der Waals surface area contributed by atoms with Crippen LogP contribution in [0.5, 0.6) is 0 Å². The van der Waals surface area contributed by atoms with E-state index in [1.807, 2.05) is 0 Å². The second-order valence-corrected chi connectivity index (χ2v) is 3.86. The fourth-order valence-corrected chi connectivity index (χ4v) is 0. The Morgan fingerprint density at radius 2 is 0.833 bits per heavy atom. The van der Waals surface area contributed by atoms with Crippen LogP contribution in [0, 0.1) is 0 Å². The van der Waals surface area contributed by atoms with Gasteiger partial charge in [0.15, 0.2) is 0 Å². The largest absolute Gasteiger partial charge is 0.266 e. The van der Waals surface area contributed by atoms with Gasteiger partial charge in [-0.2, -0.15) is 0 Å². The fourth-order valence-electron chi connectivity index (χ4n) is 0. The maximum Gasteiger partial charge on any atom is 0.266 e. The third-order valence-electron chi connectivity index (χ3n) is 0. The van der Waals surface area contributed by atoms with Crippen molar-refractivity contribution in [3.8, 4) is 0 Å². The Morgan fingerprint density at radius 1 is 0.833 bits per heavy atom. The molecule has 5 heteroatoms. The predicted molar refractivity (Wildman–Crippen MR) is 26.1 cm³/mol. The summed E-state index contributed by atoms with van der Waals surface area (Å²) in [7, 11) is 0. The van der Waals surface area contributed by atoms with Crippen LogP contribution in [-0.2, 0) is 16.8 Å². The summed E-state index contributed by atoms with van der Waals surface area (Å²) in [6.07, 6.45) is 0. The van der Waals surface area contributed by atoms with E-state index in [0.29, 0.717) is 0 Å². The van der Waals surface area contributed by atoms with Gasteiger partial charge in [-0.15, -0.1) is 0 Å². The summed E-state index contributed by atoms with van der Waals surface area (Å²) in [5.41, 5.74) is 0. The second-order valence-electron chi connectivity index (χ2n) is 0.429. The monoisotopic (exact) mass is 211 g/mol. The van der Waals surface area contributed by atoms with Crippen molar-refractivity contribution < 1.29 is 16.8 Å². The molecular weight excluding hydrogens is 213 g/mol. The fraction of sp³-hybridized carbons (Fsp3) is 1.00. The van der Waals surface area contributed by atoms with Crippen LogP contribution in [0.2, 0.25) is 0 Å². The molecule has 0 aliphatic carbocycles. The summed E-state index contributed by atoms with van der Waals surface area (Å²) >= 11 is 19.3. The Balaban J connectivity index is 0. The quantitative estimate of drug-likeness (QED) is 0.542. The van der Waals surface area contributed by atoms with E-state index in [9.17, 15) is 0 Å².